The molecule has 1 N–H and O–H groups in total. The summed E-state index contributed by atoms with van der Waals surface area (Å²) in [6.45, 7) is 4.18. The number of fused-ring (bicyclic) bond motifs is 1. The molecule has 0 aromatic heterocycles. The topological polar surface area (TPSA) is 94.2 Å². The lowest BCUT2D eigenvalue weighted by Crippen LogP contribution is -2.41. The molecule has 0 aliphatic carbocycles. The third-order valence-corrected chi connectivity index (χ3v) is 7.68. The number of nitrogens with one attached hydrogen (secondary N) is 1. The summed E-state index contributed by atoms with van der Waals surface area (Å²) in [5, 5.41) is 3.06. The molecule has 0 bridgehead atoms. The molecule has 2 aromatic carbocycles. The lowest BCUT2D eigenvalue weighted by atomic mass is 10.1. The minimum atomic E-state index is -3.75. The molecule has 0 saturated carbocycles. The molecule has 8 nitrogen and oxygen atoms in total. The summed E-state index contributed by atoms with van der Waals surface area (Å²) in [6, 6.07) is 7.94. The maximum Gasteiger partial charge on any atom is 0.255 e. The summed E-state index contributed by atoms with van der Waals surface area (Å²) in [6.07, 6.45) is 1.27. The summed E-state index contributed by atoms with van der Waals surface area (Å²) < 4.78 is 44.4. The quantitative estimate of drug-likeness (QED) is 0.705. The number of halogens is 1. The van der Waals surface area contributed by atoms with Crippen LogP contribution in [0.2, 0.25) is 5.02 Å². The van der Waals surface area contributed by atoms with Gasteiger partial charge >= 0.3 is 0 Å². The molecule has 2 aromatic rings. The van der Waals surface area contributed by atoms with Gasteiger partial charge in [-0.3, -0.25) is 4.79 Å². The Balaban J connectivity index is 1.62. The van der Waals surface area contributed by atoms with E-state index in [0.29, 0.717) is 60.6 Å². The van der Waals surface area contributed by atoms with E-state index in [4.69, 9.17) is 25.8 Å². The van der Waals surface area contributed by atoms with E-state index in [1.165, 1.54) is 10.4 Å². The molecular weight excluding hydrogens is 456 g/mol. The highest BCUT2D eigenvalue weighted by molar-refractivity contribution is 7.89. The van der Waals surface area contributed by atoms with Gasteiger partial charge in [-0.05, 0) is 24.1 Å². The first kappa shape index (κ1) is 22.8. The summed E-state index contributed by atoms with van der Waals surface area (Å²) in [7, 11) is -3.75. The van der Waals surface area contributed by atoms with E-state index in [1.807, 2.05) is 6.92 Å². The van der Waals surface area contributed by atoms with Crippen LogP contribution in [0, 0.1) is 0 Å². The average molecular weight is 481 g/mol. The molecule has 1 amide bonds. The van der Waals surface area contributed by atoms with Crippen LogP contribution in [0.25, 0.3) is 0 Å². The van der Waals surface area contributed by atoms with Crippen molar-refractivity contribution in [1.29, 1.82) is 0 Å². The van der Waals surface area contributed by atoms with Crippen LogP contribution in [0.3, 0.4) is 0 Å². The van der Waals surface area contributed by atoms with Gasteiger partial charge in [-0.25, -0.2) is 8.42 Å². The highest BCUT2D eigenvalue weighted by Crippen LogP contribution is 2.38. The third-order valence-electron chi connectivity index (χ3n) is 5.38. The van der Waals surface area contributed by atoms with Gasteiger partial charge in [0.25, 0.3) is 5.91 Å². The van der Waals surface area contributed by atoms with E-state index in [9.17, 15) is 13.2 Å². The van der Waals surface area contributed by atoms with Crippen molar-refractivity contribution >= 4 is 33.2 Å². The van der Waals surface area contributed by atoms with Gasteiger partial charge in [0.05, 0.1) is 42.0 Å². The van der Waals surface area contributed by atoms with Crippen molar-refractivity contribution in [3.05, 3.63) is 46.5 Å². The van der Waals surface area contributed by atoms with Gasteiger partial charge in [0.1, 0.15) is 0 Å². The molecule has 10 heteroatoms. The average Bonchev–Trinajstić information content (AvgIpc) is 3.04. The Morgan fingerprint density at radius 1 is 1.06 bits per heavy atom. The lowest BCUT2D eigenvalue weighted by Gasteiger charge is -2.27. The predicted molar refractivity (Wildman–Crippen MR) is 120 cm³/mol. The van der Waals surface area contributed by atoms with Gasteiger partial charge < -0.3 is 19.5 Å². The maximum atomic E-state index is 13.2. The minimum Gasteiger partial charge on any atom is -0.490 e. The monoisotopic (exact) mass is 480 g/mol. The second kappa shape index (κ2) is 9.66. The zero-order valence-corrected chi connectivity index (χ0v) is 19.3. The summed E-state index contributed by atoms with van der Waals surface area (Å²) in [5.41, 5.74) is 1.23. The number of morpholine rings is 1. The number of amides is 1. The molecular formula is C22H25ClN2O6S. The van der Waals surface area contributed by atoms with Gasteiger partial charge in [-0.1, -0.05) is 24.6 Å². The molecule has 4 rings (SSSR count). The van der Waals surface area contributed by atoms with Crippen LogP contribution in [0.5, 0.6) is 11.5 Å². The number of sulfonamides is 1. The van der Waals surface area contributed by atoms with Crippen molar-refractivity contribution in [1.82, 2.24) is 4.31 Å². The fraction of sp³-hybridized carbons (Fsp3) is 0.409. The van der Waals surface area contributed by atoms with Crippen molar-refractivity contribution in [3.63, 3.8) is 0 Å². The van der Waals surface area contributed by atoms with Gasteiger partial charge in [-0.15, -0.1) is 0 Å². The number of rotatable bonds is 5. The number of carbonyl (C=O) groups is 1. The molecule has 0 unspecified atom stereocenters. The van der Waals surface area contributed by atoms with E-state index >= 15 is 0 Å². The molecule has 172 valence electrons. The zero-order chi connectivity index (χ0) is 22.7. The van der Waals surface area contributed by atoms with Crippen molar-refractivity contribution in [2.24, 2.45) is 0 Å². The number of ether oxygens (including phenoxy) is 3. The van der Waals surface area contributed by atoms with Crippen molar-refractivity contribution in [2.75, 3.05) is 44.8 Å². The van der Waals surface area contributed by atoms with Gasteiger partial charge in [0, 0.05) is 37.2 Å². The lowest BCUT2D eigenvalue weighted by molar-refractivity contribution is 0.0730. The highest BCUT2D eigenvalue weighted by atomic mass is 35.5. The first-order valence-electron chi connectivity index (χ1n) is 10.5. The molecule has 2 aliphatic rings. The van der Waals surface area contributed by atoms with E-state index in [0.717, 1.165) is 6.42 Å². The summed E-state index contributed by atoms with van der Waals surface area (Å²) in [5.74, 6) is 0.554. The number of nitrogens with zero attached hydrogens (tertiary/aromatic N) is 1. The van der Waals surface area contributed by atoms with E-state index in [-0.39, 0.29) is 23.5 Å². The van der Waals surface area contributed by atoms with E-state index in [1.54, 1.807) is 24.3 Å². The number of benzene rings is 2. The Morgan fingerprint density at radius 3 is 2.44 bits per heavy atom. The summed E-state index contributed by atoms with van der Waals surface area (Å²) in [4.78, 5) is 13.1. The van der Waals surface area contributed by atoms with Gasteiger partial charge in [0.2, 0.25) is 10.0 Å². The number of anilines is 1. The first-order valence-corrected chi connectivity index (χ1v) is 12.3. The van der Waals surface area contributed by atoms with Crippen molar-refractivity contribution in [3.8, 4) is 11.5 Å². The highest BCUT2D eigenvalue weighted by Gasteiger charge is 2.29. The van der Waals surface area contributed by atoms with Crippen molar-refractivity contribution in [2.45, 2.75) is 24.7 Å². The molecule has 2 heterocycles. The van der Waals surface area contributed by atoms with Gasteiger partial charge in [0.15, 0.2) is 11.5 Å². The Morgan fingerprint density at radius 2 is 1.75 bits per heavy atom. The third kappa shape index (κ3) is 4.71. The Hall–Kier alpha value is -2.33. The largest absolute Gasteiger partial charge is 0.490 e. The van der Waals surface area contributed by atoms with Crippen LogP contribution < -0.4 is 14.8 Å². The van der Waals surface area contributed by atoms with Crippen LogP contribution in [-0.2, 0) is 21.2 Å². The first-order chi connectivity index (χ1) is 15.4. The van der Waals surface area contributed by atoms with E-state index in [2.05, 4.69) is 5.32 Å². The van der Waals surface area contributed by atoms with E-state index < -0.39 is 15.9 Å². The second-order valence-corrected chi connectivity index (χ2v) is 9.79. The molecule has 1 fully saturated rings. The summed E-state index contributed by atoms with van der Waals surface area (Å²) >= 11 is 6.33. The van der Waals surface area contributed by atoms with Crippen LogP contribution in [-0.4, -0.2) is 58.1 Å². The smallest absolute Gasteiger partial charge is 0.255 e. The van der Waals surface area contributed by atoms with Crippen LogP contribution >= 0.6 is 11.6 Å². The second-order valence-electron chi connectivity index (χ2n) is 7.48. The number of aryl methyl sites for hydroxylation is 1. The minimum absolute atomic E-state index is 0.138. The zero-order valence-electron chi connectivity index (χ0n) is 17.7. The normalized spacial score (nSPS) is 16.9. The van der Waals surface area contributed by atoms with Crippen LogP contribution in [0.15, 0.2) is 35.2 Å². The molecule has 1 saturated heterocycles. The Bertz CT molecular complexity index is 1120. The fourth-order valence-electron chi connectivity index (χ4n) is 3.63. The van der Waals surface area contributed by atoms with Gasteiger partial charge in [-0.2, -0.15) is 4.31 Å². The van der Waals surface area contributed by atoms with Crippen molar-refractivity contribution < 1.29 is 27.4 Å². The molecule has 32 heavy (non-hydrogen) atoms. The van der Waals surface area contributed by atoms with Crippen LogP contribution in [0.1, 0.15) is 29.3 Å². The number of hydrogen-bond donors (Lipinski definition) is 1. The number of hydrogen-bond acceptors (Lipinski definition) is 6. The predicted octanol–water partition coefficient (Wildman–Crippen LogP) is 3.34. The fourth-order valence-corrected chi connectivity index (χ4v) is 5.56. The standard InChI is InChI=1S/C22H25ClN2O6S/c1-2-15-4-5-16(12-21(15)32(27,28)25-6-10-29-11-7-25)22(26)24-18-14-20-19(13-17(18)23)30-8-3-9-31-20/h4-5,12-14H,2-3,6-11H2,1H3,(H,24,26). The Kier molecular flexibility index (Phi) is 6.90. The maximum absolute atomic E-state index is 13.2. The number of carbonyl (C=O) groups excluding carboxylic acids is 1. The molecule has 0 atom stereocenters. The van der Waals surface area contributed by atoms with Crippen LogP contribution in [0.4, 0.5) is 5.69 Å². The molecule has 0 spiro atoms. The molecule has 2 aliphatic heterocycles. The SMILES string of the molecule is CCc1ccc(C(=O)Nc2cc3c(cc2Cl)OCCCO3)cc1S(=O)(=O)N1CCOCC1. The Labute approximate surface area is 192 Å². The molecule has 0 radical (unpaired) electrons.